The largest absolute Gasteiger partial charge is 0.310 e. The first-order chi connectivity index (χ1) is 61.6. The van der Waals surface area contributed by atoms with Crippen LogP contribution in [0.15, 0.2) is 437 Å². The molecule has 0 spiro atoms. The van der Waals surface area contributed by atoms with E-state index in [9.17, 15) is 0 Å². The van der Waals surface area contributed by atoms with Crippen LogP contribution >= 0.6 is 0 Å². The first-order valence-electron chi connectivity index (χ1n) is 42.9. The van der Waals surface area contributed by atoms with Crippen molar-refractivity contribution in [3.05, 3.63) is 437 Å². The Bertz CT molecular complexity index is 9530. The predicted molar refractivity (Wildman–Crippen MR) is 530 cm³/mol. The lowest BCUT2D eigenvalue weighted by Gasteiger charge is -2.25. The summed E-state index contributed by atoms with van der Waals surface area (Å²) in [5.41, 5.74) is 23.1. The van der Waals surface area contributed by atoms with Crippen LogP contribution in [0.2, 0.25) is 0 Å². The molecule has 31 aromatic rings. The molecular weight excluding hydrogens is 1500 g/mol. The molecule has 0 amide bonds. The molecule has 0 saturated carbocycles. The lowest BCUT2D eigenvalue weighted by atomic mass is 10.0. The molecule has 21 aromatic carbocycles. The minimum atomic E-state index is 1.15. The Hall–Kier alpha value is -16.5. The van der Waals surface area contributed by atoms with E-state index in [1.54, 1.807) is 0 Å². The minimum Gasteiger partial charge on any atom is -0.310 e. The van der Waals surface area contributed by atoms with E-state index in [2.05, 4.69) is 464 Å². The van der Waals surface area contributed by atoms with Gasteiger partial charge in [-0.2, -0.15) is 0 Å². The molecule has 0 atom stereocenters. The van der Waals surface area contributed by atoms with Gasteiger partial charge in [-0.15, -0.1) is 0 Å². The molecule has 0 aliphatic carbocycles. The van der Waals surface area contributed by atoms with Crippen LogP contribution in [-0.4, -0.2) is 22.0 Å². The van der Waals surface area contributed by atoms with Crippen molar-refractivity contribution in [3.8, 4) is 0 Å². The maximum absolute atomic E-state index is 2.46. The monoisotopic (exact) mass is 1570 g/mol. The number of rotatable bonds is 3. The number of hydrogen-bond donors (Lipinski definition) is 0. The summed E-state index contributed by atoms with van der Waals surface area (Å²) in [6.45, 7) is 0. The highest BCUT2D eigenvalue weighted by molar-refractivity contribution is 6.33. The van der Waals surface area contributed by atoms with Crippen molar-refractivity contribution >= 4 is 251 Å². The number of hydrogen-bond acceptors (Lipinski definition) is 1. The molecule has 574 valence electrons. The number of nitrogens with zero attached hydrogens (tertiary/aromatic N) is 6. The maximum atomic E-state index is 2.46. The van der Waals surface area contributed by atoms with Gasteiger partial charge in [0.15, 0.2) is 0 Å². The van der Waals surface area contributed by atoms with E-state index in [-0.39, 0.29) is 0 Å². The molecule has 31 rings (SSSR count). The molecule has 0 radical (unpaired) electrons. The Morgan fingerprint density at radius 3 is 0.847 bits per heavy atom. The van der Waals surface area contributed by atoms with Crippen molar-refractivity contribution in [2.45, 2.75) is 0 Å². The second kappa shape index (κ2) is 26.5. The number of benzene rings is 21. The molecule has 0 unspecified atom stereocenters. The Labute approximate surface area is 709 Å². The van der Waals surface area contributed by atoms with Gasteiger partial charge in [0.1, 0.15) is 0 Å². The first-order valence-corrected chi connectivity index (χ1v) is 42.9. The van der Waals surface area contributed by atoms with Crippen LogP contribution in [0.1, 0.15) is 0 Å². The van der Waals surface area contributed by atoms with E-state index < -0.39 is 0 Å². The van der Waals surface area contributed by atoms with Crippen molar-refractivity contribution in [2.24, 2.45) is 0 Å². The van der Waals surface area contributed by atoms with Gasteiger partial charge in [0, 0.05) is 125 Å². The van der Waals surface area contributed by atoms with Crippen LogP contribution in [0.25, 0.3) is 234 Å². The molecule has 0 N–H and O–H groups in total. The number of anilines is 3. The molecule has 0 aliphatic heterocycles. The zero-order valence-electron chi connectivity index (χ0n) is 67.3. The Balaban J connectivity index is 0.0000000825. The Kier molecular flexibility index (Phi) is 14.6. The first kappa shape index (κ1) is 68.4. The molecule has 6 heteroatoms. The van der Waals surface area contributed by atoms with Gasteiger partial charge in [0.2, 0.25) is 0 Å². The molecule has 10 aromatic heterocycles. The summed E-state index contributed by atoms with van der Waals surface area (Å²) < 4.78 is 12.2. The fourth-order valence-electron chi connectivity index (χ4n) is 21.8. The Morgan fingerprint density at radius 1 is 0.121 bits per heavy atom. The third kappa shape index (κ3) is 9.76. The normalized spacial score (nSPS) is 12.2. The molecule has 6 nitrogen and oxygen atoms in total. The average molecular weight is 1570 g/mol. The summed E-state index contributed by atoms with van der Waals surface area (Å²) in [6.07, 6.45) is 0. The second-order valence-corrected chi connectivity index (χ2v) is 33.3. The van der Waals surface area contributed by atoms with Crippen molar-refractivity contribution in [2.75, 3.05) is 4.90 Å². The van der Waals surface area contributed by atoms with Crippen molar-refractivity contribution < 1.29 is 0 Å². The number of fused-ring (bicyclic) bond motifs is 36. The SMILES string of the molecule is c1ccc(N(c2ccccc2)c2ccc3c(c2)c2cccc4c5cc6ccccc6cc5n3c24)cc1.c1ccc2c(c1)c1cccc3c4ccccc4n2c13.c1ccc2c(c1)cc1c3ccccc3n3c4ccccc4c2c13.c1ccc2c(c1)ccc1c2c2cccc3c4ccccc4n1c32.c1ccc2cc3c(cc2c1)c1cccc2c4ccccc4n3c21. The van der Waals surface area contributed by atoms with Crippen LogP contribution in [0, 0.1) is 0 Å². The third-order valence-corrected chi connectivity index (χ3v) is 26.9. The average Bonchev–Trinajstić information content (AvgIpc) is 1.56. The molecular formula is C118H72N6. The van der Waals surface area contributed by atoms with Crippen molar-refractivity contribution in [3.63, 3.8) is 0 Å². The fraction of sp³-hybridized carbons (Fsp3) is 0. The molecule has 10 heterocycles. The zero-order chi connectivity index (χ0) is 80.9. The zero-order valence-corrected chi connectivity index (χ0v) is 67.3. The van der Waals surface area contributed by atoms with Gasteiger partial charge in [0.25, 0.3) is 0 Å². The van der Waals surface area contributed by atoms with E-state index in [0.717, 1.165) is 17.1 Å². The smallest absolute Gasteiger partial charge is 0.0626 e. The molecule has 0 saturated heterocycles. The van der Waals surface area contributed by atoms with Gasteiger partial charge < -0.3 is 26.9 Å². The summed E-state index contributed by atoms with van der Waals surface area (Å²) >= 11 is 0. The van der Waals surface area contributed by atoms with Crippen molar-refractivity contribution in [1.29, 1.82) is 0 Å². The Morgan fingerprint density at radius 2 is 0.395 bits per heavy atom. The van der Waals surface area contributed by atoms with Crippen LogP contribution in [0.3, 0.4) is 0 Å². The summed E-state index contributed by atoms with van der Waals surface area (Å²) in [5.74, 6) is 0. The van der Waals surface area contributed by atoms with Gasteiger partial charge in [-0.1, -0.05) is 322 Å². The quantitative estimate of drug-likeness (QED) is 0.173. The van der Waals surface area contributed by atoms with Crippen LogP contribution in [-0.2, 0) is 0 Å². The minimum absolute atomic E-state index is 1.15. The van der Waals surface area contributed by atoms with E-state index in [1.807, 2.05) is 0 Å². The van der Waals surface area contributed by atoms with Crippen LogP contribution in [0.4, 0.5) is 17.1 Å². The fourth-order valence-corrected chi connectivity index (χ4v) is 21.8. The molecule has 0 bridgehead atoms. The maximum Gasteiger partial charge on any atom is 0.0626 e. The molecule has 0 fully saturated rings. The lowest BCUT2D eigenvalue weighted by Crippen LogP contribution is -2.09. The van der Waals surface area contributed by atoms with E-state index >= 15 is 0 Å². The van der Waals surface area contributed by atoms with Gasteiger partial charge in [-0.25, -0.2) is 0 Å². The van der Waals surface area contributed by atoms with Gasteiger partial charge in [-0.3, -0.25) is 0 Å². The second-order valence-electron chi connectivity index (χ2n) is 33.3. The van der Waals surface area contributed by atoms with Crippen LogP contribution in [0.5, 0.6) is 0 Å². The highest BCUT2D eigenvalue weighted by Crippen LogP contribution is 2.49. The van der Waals surface area contributed by atoms with Gasteiger partial charge in [0.05, 0.1) is 82.8 Å². The summed E-state index contributed by atoms with van der Waals surface area (Å²) in [6, 6.07) is 158. The highest BCUT2D eigenvalue weighted by atomic mass is 15.1. The van der Waals surface area contributed by atoms with Crippen molar-refractivity contribution in [1.82, 2.24) is 22.0 Å². The summed E-state index contributed by atoms with van der Waals surface area (Å²) in [4.78, 5) is 2.33. The standard InChI is InChI=1S/C34H22N2.3C22H13N.C18H11N/c1-3-12-25(13-4-1)35(26-14-5-2-6-15-26)27-18-19-32-31(22-27)29-17-9-16-28-30-20-23-10-7-8-11-24(23)21-33(30)36(32)34(28)29;1-2-8-15-14(7-1)13-18-16-9-3-5-11-19(16)23-20-12-6-4-10-17(20)21(15)22(18)23;1-2-7-15-13-21-19(12-14(15)6-1)18-10-5-9-17-16-8-3-4-11-20(16)23(21)22(17)18;1-2-7-15-14(6-1)12-13-20-21(15)18-10-5-9-17-16-8-3-4-11-19(16)23(20)22(17)18;1-3-10-16-12(6-1)14-8-5-9-15-13-7-2-4-11-17(13)19(16)18(14)15/h1-22H;3*1-13H;1-11H. The van der Waals surface area contributed by atoms with E-state index in [1.165, 1.54) is 234 Å². The predicted octanol–water partition coefficient (Wildman–Crippen LogP) is 32.3. The number of para-hydroxylation sites is 12. The third-order valence-electron chi connectivity index (χ3n) is 26.9. The topological polar surface area (TPSA) is 25.3 Å². The van der Waals surface area contributed by atoms with E-state index in [0.29, 0.717) is 0 Å². The molecule has 0 aliphatic rings. The van der Waals surface area contributed by atoms with Gasteiger partial charge >= 0.3 is 0 Å². The molecule has 124 heavy (non-hydrogen) atoms. The highest BCUT2D eigenvalue weighted by Gasteiger charge is 2.25. The summed E-state index contributed by atoms with van der Waals surface area (Å²) in [7, 11) is 0. The van der Waals surface area contributed by atoms with Crippen LogP contribution < -0.4 is 4.90 Å². The number of aromatic nitrogens is 5. The summed E-state index contributed by atoms with van der Waals surface area (Å²) in [5, 5.41) is 37.2. The van der Waals surface area contributed by atoms with E-state index in [4.69, 9.17) is 0 Å². The van der Waals surface area contributed by atoms with Gasteiger partial charge in [-0.05, 0) is 158 Å². The lowest BCUT2D eigenvalue weighted by molar-refractivity contribution is 1.29.